The second kappa shape index (κ2) is 10.8. The van der Waals surface area contributed by atoms with Crippen LogP contribution in [0.4, 0.5) is 10.6 Å². The van der Waals surface area contributed by atoms with Gasteiger partial charge >= 0.3 is 6.03 Å². The van der Waals surface area contributed by atoms with Gasteiger partial charge in [-0.15, -0.1) is 0 Å². The van der Waals surface area contributed by atoms with Gasteiger partial charge in [0.05, 0.1) is 18.4 Å². The Morgan fingerprint density at radius 3 is 2.84 bits per heavy atom. The summed E-state index contributed by atoms with van der Waals surface area (Å²) < 4.78 is 36.8. The molecule has 5 rings (SSSR count). The molecule has 3 aliphatic rings. The summed E-state index contributed by atoms with van der Waals surface area (Å²) in [6.07, 6.45) is 1.34. The number of nitrogens with zero attached hydrogens (tertiary/aromatic N) is 4. The summed E-state index contributed by atoms with van der Waals surface area (Å²) in [5, 5.41) is 27.2. The topological polar surface area (TPSA) is 219 Å². The Bertz CT molecular complexity index is 1230. The minimum absolute atomic E-state index is 0.0993. The maximum absolute atomic E-state index is 12.4. The van der Waals surface area contributed by atoms with Crippen LogP contribution in [0.3, 0.4) is 0 Å². The number of fused-ring (bicyclic) bond motifs is 2. The molecule has 8 N–H and O–H groups in total. The standard InChI is InChI=1S/C20H31N9O6S2/c21-17-14-18(23-8-22-17)29(9-24-14)19-16(31)15(30)11(35-19)6-26-37(33,34)25-5-3-1-2-4-12-13-10(7-36-12)27-20(32)28-13/h8-13,15-16,19,25-26,30-31H,1-7H2,(H2,21,22,23)(H2,27,28,32)/t10-,11+,12-,13-,15+,16+,19+/m0/s1. The van der Waals surface area contributed by atoms with Gasteiger partial charge in [0, 0.05) is 24.1 Å². The van der Waals surface area contributed by atoms with Crippen LogP contribution in [0.25, 0.3) is 11.2 Å². The zero-order chi connectivity index (χ0) is 26.2. The van der Waals surface area contributed by atoms with Crippen LogP contribution in [-0.4, -0.2) is 98.7 Å². The van der Waals surface area contributed by atoms with Gasteiger partial charge < -0.3 is 31.3 Å². The van der Waals surface area contributed by atoms with E-state index in [4.69, 9.17) is 10.5 Å². The van der Waals surface area contributed by atoms with Crippen molar-refractivity contribution in [3.8, 4) is 0 Å². The fourth-order valence-electron chi connectivity index (χ4n) is 4.92. The second-order valence-corrected chi connectivity index (χ2v) is 12.2. The molecule has 3 fully saturated rings. The van der Waals surface area contributed by atoms with Crippen molar-refractivity contribution < 1.29 is 28.2 Å². The lowest BCUT2D eigenvalue weighted by molar-refractivity contribution is -0.0330. The van der Waals surface area contributed by atoms with E-state index in [9.17, 15) is 23.4 Å². The van der Waals surface area contributed by atoms with E-state index in [-0.39, 0.29) is 37.0 Å². The van der Waals surface area contributed by atoms with E-state index in [1.165, 1.54) is 17.2 Å². The fraction of sp³-hybridized carbons (Fsp3) is 0.700. The molecule has 2 aromatic rings. The molecule has 0 radical (unpaired) electrons. The number of nitrogen functional groups attached to an aromatic ring is 1. The van der Waals surface area contributed by atoms with Gasteiger partial charge in [0.15, 0.2) is 17.7 Å². The normalized spacial score (nSPS) is 31.5. The van der Waals surface area contributed by atoms with E-state index in [1.54, 1.807) is 0 Å². The summed E-state index contributed by atoms with van der Waals surface area (Å²) in [5.41, 5.74) is 6.44. The summed E-state index contributed by atoms with van der Waals surface area (Å²) in [7, 11) is -3.83. The highest BCUT2D eigenvalue weighted by molar-refractivity contribution is 8.00. The number of aliphatic hydroxyl groups is 2. The number of anilines is 1. The number of aliphatic hydroxyl groups excluding tert-OH is 2. The number of unbranched alkanes of at least 4 members (excludes halogenated alkanes) is 2. The Kier molecular flexibility index (Phi) is 7.71. The lowest BCUT2D eigenvalue weighted by Crippen LogP contribution is -2.44. The molecule has 3 saturated heterocycles. The number of amides is 2. The molecule has 204 valence electrons. The SMILES string of the molecule is Nc1ncnc2c1ncn2[C@@H]1O[C@H](CNS(=O)(=O)NCCCCC[C@@H]2SC[C@@H]3NC(=O)N[C@@H]32)[C@@H](O)[C@H]1O. The van der Waals surface area contributed by atoms with Gasteiger partial charge in [-0.05, 0) is 12.8 Å². The number of carbonyl (C=O) groups is 1. The van der Waals surface area contributed by atoms with Crippen LogP contribution < -0.4 is 25.8 Å². The van der Waals surface area contributed by atoms with Crippen molar-refractivity contribution in [2.75, 3.05) is 24.6 Å². The first-order valence-corrected chi connectivity index (χ1v) is 14.6. The van der Waals surface area contributed by atoms with Gasteiger partial charge in [0.1, 0.15) is 30.2 Å². The lowest BCUT2D eigenvalue weighted by Gasteiger charge is -2.17. The molecule has 3 aliphatic heterocycles. The van der Waals surface area contributed by atoms with Gasteiger partial charge in [-0.3, -0.25) is 4.57 Å². The lowest BCUT2D eigenvalue weighted by atomic mass is 10.0. The minimum Gasteiger partial charge on any atom is -0.387 e. The van der Waals surface area contributed by atoms with Crippen molar-refractivity contribution >= 4 is 45.0 Å². The number of imidazole rings is 1. The average Bonchev–Trinajstić information content (AvgIpc) is 3.60. The summed E-state index contributed by atoms with van der Waals surface area (Å²) >= 11 is 1.86. The Hall–Kier alpha value is -2.28. The van der Waals surface area contributed by atoms with Crippen molar-refractivity contribution in [3.63, 3.8) is 0 Å². The van der Waals surface area contributed by atoms with Crippen LogP contribution in [0.15, 0.2) is 12.7 Å². The van der Waals surface area contributed by atoms with Crippen molar-refractivity contribution in [2.45, 2.75) is 67.6 Å². The number of thioether (sulfide) groups is 1. The van der Waals surface area contributed by atoms with Crippen LogP contribution in [-0.2, 0) is 14.9 Å². The summed E-state index contributed by atoms with van der Waals surface area (Å²) in [6.45, 7) is 0.0218. The molecule has 5 heterocycles. The number of hydrogen-bond acceptors (Lipinski definition) is 11. The molecular weight excluding hydrogens is 526 g/mol. The summed E-state index contributed by atoms with van der Waals surface area (Å²) in [5.74, 6) is 1.08. The van der Waals surface area contributed by atoms with Crippen LogP contribution >= 0.6 is 11.8 Å². The number of hydrogen-bond donors (Lipinski definition) is 7. The van der Waals surface area contributed by atoms with Gasteiger partial charge in [-0.25, -0.2) is 24.5 Å². The highest BCUT2D eigenvalue weighted by Crippen LogP contribution is 2.33. The Labute approximate surface area is 217 Å². The Morgan fingerprint density at radius 2 is 2.00 bits per heavy atom. The first kappa shape index (κ1) is 26.3. The third-order valence-electron chi connectivity index (χ3n) is 6.87. The van der Waals surface area contributed by atoms with Gasteiger partial charge in [-0.2, -0.15) is 24.9 Å². The zero-order valence-corrected chi connectivity index (χ0v) is 21.5. The third kappa shape index (κ3) is 5.62. The maximum Gasteiger partial charge on any atom is 0.315 e. The molecular formula is C20H31N9O6S2. The van der Waals surface area contributed by atoms with Crippen molar-refractivity contribution in [2.24, 2.45) is 0 Å². The fourth-order valence-corrected chi connectivity index (χ4v) is 7.37. The van der Waals surface area contributed by atoms with Crippen molar-refractivity contribution in [3.05, 3.63) is 12.7 Å². The van der Waals surface area contributed by atoms with Crippen molar-refractivity contribution in [1.29, 1.82) is 0 Å². The minimum atomic E-state index is -3.83. The molecule has 0 saturated carbocycles. The molecule has 15 nitrogen and oxygen atoms in total. The van der Waals surface area contributed by atoms with Crippen LogP contribution in [0, 0.1) is 0 Å². The molecule has 2 aromatic heterocycles. The smallest absolute Gasteiger partial charge is 0.315 e. The number of aromatic nitrogens is 4. The Morgan fingerprint density at radius 1 is 1.16 bits per heavy atom. The predicted octanol–water partition coefficient (Wildman–Crippen LogP) is -1.82. The summed E-state index contributed by atoms with van der Waals surface area (Å²) in [4.78, 5) is 23.6. The van der Waals surface area contributed by atoms with E-state index in [0.29, 0.717) is 22.8 Å². The zero-order valence-electron chi connectivity index (χ0n) is 19.9. The number of nitrogens with two attached hydrogens (primary N) is 1. The highest BCUT2D eigenvalue weighted by Gasteiger charge is 2.45. The first-order valence-electron chi connectivity index (χ1n) is 12.1. The molecule has 0 spiro atoms. The third-order valence-corrected chi connectivity index (χ3v) is 9.51. The van der Waals surface area contributed by atoms with Gasteiger partial charge in [0.2, 0.25) is 0 Å². The average molecular weight is 558 g/mol. The molecule has 0 unspecified atom stereocenters. The monoisotopic (exact) mass is 557 g/mol. The number of nitrogens with one attached hydrogen (secondary N) is 4. The number of carbonyl (C=O) groups excluding carboxylic acids is 1. The van der Waals surface area contributed by atoms with E-state index >= 15 is 0 Å². The number of urea groups is 1. The highest BCUT2D eigenvalue weighted by atomic mass is 32.2. The molecule has 17 heteroatoms. The first-order chi connectivity index (χ1) is 17.7. The molecule has 2 amide bonds. The predicted molar refractivity (Wildman–Crippen MR) is 135 cm³/mol. The maximum atomic E-state index is 12.4. The number of rotatable bonds is 11. The Balaban J connectivity index is 1.04. The summed E-state index contributed by atoms with van der Waals surface area (Å²) in [6, 6.07) is 0.273. The molecule has 37 heavy (non-hydrogen) atoms. The van der Waals surface area contributed by atoms with Crippen LogP contribution in [0.1, 0.15) is 31.9 Å². The molecule has 0 bridgehead atoms. The molecule has 0 aliphatic carbocycles. The van der Waals surface area contributed by atoms with E-state index in [0.717, 1.165) is 25.0 Å². The van der Waals surface area contributed by atoms with Gasteiger partial charge in [0.25, 0.3) is 10.2 Å². The van der Waals surface area contributed by atoms with Crippen LogP contribution in [0.2, 0.25) is 0 Å². The van der Waals surface area contributed by atoms with E-state index in [1.807, 2.05) is 11.8 Å². The largest absolute Gasteiger partial charge is 0.387 e. The van der Waals surface area contributed by atoms with E-state index < -0.39 is 34.7 Å². The van der Waals surface area contributed by atoms with E-state index in [2.05, 4.69) is 35.0 Å². The molecule has 0 aromatic carbocycles. The van der Waals surface area contributed by atoms with Crippen LogP contribution in [0.5, 0.6) is 0 Å². The van der Waals surface area contributed by atoms with Gasteiger partial charge in [-0.1, -0.05) is 12.8 Å². The number of ether oxygens (including phenoxy) is 1. The second-order valence-electron chi connectivity index (χ2n) is 9.35. The van der Waals surface area contributed by atoms with Crippen molar-refractivity contribution in [1.82, 2.24) is 39.6 Å². The molecule has 7 atom stereocenters. The quantitative estimate of drug-likeness (QED) is 0.120.